The molecule has 9 nitrogen and oxygen atoms in total. The zero-order valence-electron chi connectivity index (χ0n) is 24.3. The first kappa shape index (κ1) is 32.6. The van der Waals surface area contributed by atoms with Crippen molar-refractivity contribution in [3.8, 4) is 17.0 Å². The monoisotopic (exact) mass is 645 g/mol. The van der Waals surface area contributed by atoms with E-state index in [0.29, 0.717) is 16.3 Å². The summed E-state index contributed by atoms with van der Waals surface area (Å²) in [5.41, 5.74) is 1.40. The minimum atomic E-state index is -1.61. The number of benzene rings is 3. The van der Waals surface area contributed by atoms with Gasteiger partial charge in [0.1, 0.15) is 29.8 Å². The van der Waals surface area contributed by atoms with Crippen LogP contribution < -0.4 is 4.74 Å². The minimum Gasteiger partial charge on any atom is -0.497 e. The molecule has 0 radical (unpaired) electrons. The van der Waals surface area contributed by atoms with Crippen molar-refractivity contribution in [3.63, 3.8) is 0 Å². The van der Waals surface area contributed by atoms with Gasteiger partial charge in [-0.15, -0.1) is 5.10 Å². The SMILES string of the molecule is COc1ccc(CC(=O)[C@@H](OCc2ccc(Cl)cc2)[C@@H]2OC(CO)[C@H](O)[C@H](n3cc(-c4cc(F)c(F)c(F)c4)nn3)C2C)cc1. The maximum Gasteiger partial charge on any atom is 0.194 e. The smallest absolute Gasteiger partial charge is 0.194 e. The van der Waals surface area contributed by atoms with Gasteiger partial charge in [0.25, 0.3) is 0 Å². The quantitative estimate of drug-likeness (QED) is 0.225. The van der Waals surface area contributed by atoms with Crippen molar-refractivity contribution in [3.05, 3.63) is 100 Å². The number of carbonyl (C=O) groups is 1. The molecule has 1 saturated heterocycles. The van der Waals surface area contributed by atoms with Crippen LogP contribution in [0.2, 0.25) is 5.02 Å². The number of methoxy groups -OCH3 is 1. The molecule has 2 heterocycles. The molecule has 3 aromatic carbocycles. The topological polar surface area (TPSA) is 116 Å². The van der Waals surface area contributed by atoms with Crippen molar-refractivity contribution in [1.29, 1.82) is 0 Å². The molecule has 1 aromatic heterocycles. The molecule has 0 amide bonds. The van der Waals surface area contributed by atoms with Crippen molar-refractivity contribution in [2.75, 3.05) is 13.7 Å². The summed E-state index contributed by atoms with van der Waals surface area (Å²) in [6.45, 7) is 1.17. The molecule has 4 aromatic rings. The summed E-state index contributed by atoms with van der Waals surface area (Å²) in [4.78, 5) is 13.9. The standard InChI is InChI=1S/C32H31ClF3N3O6/c1-17-29(39-14-25(37-38-39)20-12-23(34)28(36)24(35)13-20)30(42)27(15-40)45-31(17)32(44-16-19-3-7-21(33)8-4-19)26(41)11-18-5-9-22(43-2)10-6-18/h3-10,12-14,17,27,29-32,40,42H,11,15-16H2,1-2H3/t17?,27?,29-,30+,31-,32-/m1/s1. The molecular weight excluding hydrogens is 615 g/mol. The largest absolute Gasteiger partial charge is 0.497 e. The fraction of sp³-hybridized carbons (Fsp3) is 0.344. The molecule has 0 saturated carbocycles. The molecular formula is C32H31ClF3N3O6. The summed E-state index contributed by atoms with van der Waals surface area (Å²) in [6, 6.07) is 14.6. The van der Waals surface area contributed by atoms with E-state index in [9.17, 15) is 28.2 Å². The molecule has 1 aliphatic heterocycles. The number of hydrogen-bond donors (Lipinski definition) is 2. The summed E-state index contributed by atoms with van der Waals surface area (Å²) in [7, 11) is 1.54. The number of halogens is 4. The van der Waals surface area contributed by atoms with E-state index in [-0.39, 0.29) is 30.1 Å². The number of hydrogen-bond acceptors (Lipinski definition) is 8. The number of nitrogens with zero attached hydrogens (tertiary/aromatic N) is 3. The molecule has 1 fully saturated rings. The highest BCUT2D eigenvalue weighted by molar-refractivity contribution is 6.30. The van der Waals surface area contributed by atoms with Gasteiger partial charge in [-0.3, -0.25) is 4.79 Å². The molecule has 6 atom stereocenters. The van der Waals surface area contributed by atoms with Gasteiger partial charge in [-0.1, -0.05) is 48.0 Å². The van der Waals surface area contributed by atoms with Gasteiger partial charge < -0.3 is 24.4 Å². The third kappa shape index (κ3) is 7.21. The van der Waals surface area contributed by atoms with Gasteiger partial charge in [0.05, 0.1) is 38.7 Å². The Hall–Kier alpha value is -3.81. The van der Waals surface area contributed by atoms with E-state index in [0.717, 1.165) is 17.7 Å². The highest BCUT2D eigenvalue weighted by Gasteiger charge is 2.49. The molecule has 5 rings (SSSR count). The lowest BCUT2D eigenvalue weighted by Gasteiger charge is -2.45. The number of aromatic nitrogens is 3. The maximum absolute atomic E-state index is 13.9. The Bertz CT molecular complexity index is 1600. The molecule has 238 valence electrons. The number of ketones is 1. The van der Waals surface area contributed by atoms with Crippen molar-refractivity contribution in [1.82, 2.24) is 15.0 Å². The van der Waals surface area contributed by atoms with Gasteiger partial charge in [-0.25, -0.2) is 17.9 Å². The normalized spacial score (nSPS) is 22.3. The van der Waals surface area contributed by atoms with Gasteiger partial charge in [0.2, 0.25) is 0 Å². The van der Waals surface area contributed by atoms with E-state index in [2.05, 4.69) is 10.3 Å². The first-order valence-corrected chi connectivity index (χ1v) is 14.5. The van der Waals surface area contributed by atoms with Crippen molar-refractivity contribution in [2.45, 2.75) is 50.4 Å². The van der Waals surface area contributed by atoms with Crippen LogP contribution in [0.25, 0.3) is 11.3 Å². The Morgan fingerprint density at radius 2 is 1.71 bits per heavy atom. The Balaban J connectivity index is 1.46. The van der Waals surface area contributed by atoms with E-state index >= 15 is 0 Å². The second-order valence-electron chi connectivity index (χ2n) is 10.8. The fourth-order valence-corrected chi connectivity index (χ4v) is 5.59. The van der Waals surface area contributed by atoms with Crippen LogP contribution in [0.5, 0.6) is 5.75 Å². The Morgan fingerprint density at radius 3 is 2.33 bits per heavy atom. The van der Waals surface area contributed by atoms with Crippen molar-refractivity contribution < 1.29 is 42.4 Å². The summed E-state index contributed by atoms with van der Waals surface area (Å²) >= 11 is 6.02. The van der Waals surface area contributed by atoms with Gasteiger partial charge in [0, 0.05) is 22.9 Å². The van der Waals surface area contributed by atoms with E-state index < -0.39 is 60.4 Å². The Morgan fingerprint density at radius 1 is 1.07 bits per heavy atom. The van der Waals surface area contributed by atoms with Gasteiger partial charge in [-0.2, -0.15) is 0 Å². The fourth-order valence-electron chi connectivity index (χ4n) is 5.47. The van der Waals surface area contributed by atoms with Gasteiger partial charge in [0.15, 0.2) is 23.2 Å². The predicted octanol–water partition coefficient (Wildman–Crippen LogP) is 4.72. The minimum absolute atomic E-state index is 0.00591. The lowest BCUT2D eigenvalue weighted by atomic mass is 9.82. The number of rotatable bonds is 11. The number of carbonyl (C=O) groups excluding carboxylic acids is 1. The van der Waals surface area contributed by atoms with Crippen molar-refractivity contribution in [2.24, 2.45) is 5.92 Å². The molecule has 0 aliphatic carbocycles. The molecule has 0 spiro atoms. The van der Waals surface area contributed by atoms with Gasteiger partial charge >= 0.3 is 0 Å². The lowest BCUT2D eigenvalue weighted by molar-refractivity contribution is -0.214. The van der Waals surface area contributed by atoms with Crippen LogP contribution in [0.3, 0.4) is 0 Å². The summed E-state index contributed by atoms with van der Waals surface area (Å²) in [5.74, 6) is -4.74. The van der Waals surface area contributed by atoms with Crippen LogP contribution in [-0.4, -0.2) is 69.1 Å². The highest BCUT2D eigenvalue weighted by Crippen LogP contribution is 2.38. The van der Waals surface area contributed by atoms with E-state index in [1.54, 1.807) is 62.6 Å². The maximum atomic E-state index is 13.9. The average molecular weight is 646 g/mol. The zero-order valence-corrected chi connectivity index (χ0v) is 25.1. The number of aliphatic hydroxyl groups excluding tert-OH is 2. The van der Waals surface area contributed by atoms with Crippen LogP contribution in [0.1, 0.15) is 24.1 Å². The van der Waals surface area contributed by atoms with Crippen LogP contribution in [-0.2, 0) is 27.3 Å². The third-order valence-electron chi connectivity index (χ3n) is 7.89. The van der Waals surface area contributed by atoms with E-state index in [1.165, 1.54) is 10.9 Å². The second-order valence-corrected chi connectivity index (χ2v) is 11.3. The number of Topliss-reactive ketones (excluding diaryl/α,β-unsaturated/α-hetero) is 1. The highest BCUT2D eigenvalue weighted by atomic mass is 35.5. The first-order valence-electron chi connectivity index (χ1n) is 14.1. The lowest BCUT2D eigenvalue weighted by Crippen LogP contribution is -2.57. The van der Waals surface area contributed by atoms with E-state index in [1.807, 2.05) is 0 Å². The molecule has 1 aliphatic rings. The number of ether oxygens (including phenoxy) is 3. The molecule has 0 bridgehead atoms. The predicted molar refractivity (Wildman–Crippen MR) is 157 cm³/mol. The van der Waals surface area contributed by atoms with Crippen LogP contribution in [0.4, 0.5) is 13.2 Å². The summed E-state index contributed by atoms with van der Waals surface area (Å²) < 4.78 is 60.2. The third-order valence-corrected chi connectivity index (χ3v) is 8.14. The van der Waals surface area contributed by atoms with Crippen LogP contribution >= 0.6 is 11.6 Å². The molecule has 45 heavy (non-hydrogen) atoms. The molecule has 2 N–H and O–H groups in total. The Labute approximate surface area is 262 Å². The van der Waals surface area contributed by atoms with Gasteiger partial charge in [-0.05, 0) is 47.5 Å². The van der Waals surface area contributed by atoms with Crippen molar-refractivity contribution >= 4 is 17.4 Å². The molecule has 13 heteroatoms. The Kier molecular flexibility index (Phi) is 10.2. The van der Waals surface area contributed by atoms with Crippen LogP contribution in [0, 0.1) is 23.4 Å². The van der Waals surface area contributed by atoms with E-state index in [4.69, 9.17) is 25.8 Å². The molecule has 2 unspecified atom stereocenters. The number of aliphatic hydroxyl groups is 2. The van der Waals surface area contributed by atoms with Crippen LogP contribution in [0.15, 0.2) is 66.9 Å². The average Bonchev–Trinajstić information content (AvgIpc) is 3.52. The summed E-state index contributed by atoms with van der Waals surface area (Å²) in [5, 5.41) is 29.9. The zero-order chi connectivity index (χ0) is 32.2. The second kappa shape index (κ2) is 14.1. The first-order chi connectivity index (χ1) is 21.6. The summed E-state index contributed by atoms with van der Waals surface area (Å²) in [6.07, 6.45) is -3.23.